The summed E-state index contributed by atoms with van der Waals surface area (Å²) in [5, 5.41) is 0. The van der Waals surface area contributed by atoms with Crippen molar-refractivity contribution in [1.82, 2.24) is 0 Å². The Morgan fingerprint density at radius 1 is 1.13 bits per heavy atom. The maximum Gasteiger partial charge on any atom is 0.187 e. The number of hydrogen-bond donors (Lipinski definition) is 0. The SMILES string of the molecule is COc1ccc2c(c1I)C(=O)C=CC2=O. The Hall–Kier alpha value is -1.17. The number of carbonyl (C=O) groups is 2. The van der Waals surface area contributed by atoms with Gasteiger partial charge in [0.1, 0.15) is 5.75 Å². The highest BCUT2D eigenvalue weighted by Gasteiger charge is 2.23. The van der Waals surface area contributed by atoms with E-state index in [4.69, 9.17) is 4.74 Å². The van der Waals surface area contributed by atoms with Crippen LogP contribution in [0.2, 0.25) is 0 Å². The second-order valence-electron chi connectivity index (χ2n) is 3.07. The predicted molar refractivity (Wildman–Crippen MR) is 63.5 cm³/mol. The van der Waals surface area contributed by atoms with E-state index in [9.17, 15) is 9.59 Å². The van der Waals surface area contributed by atoms with Crippen molar-refractivity contribution in [1.29, 1.82) is 0 Å². The number of ketones is 2. The van der Waals surface area contributed by atoms with Gasteiger partial charge in [-0.15, -0.1) is 0 Å². The molecule has 0 heterocycles. The molecular formula is C11H7IO3. The molecule has 0 radical (unpaired) electrons. The van der Waals surface area contributed by atoms with Crippen molar-refractivity contribution in [2.75, 3.05) is 7.11 Å². The lowest BCUT2D eigenvalue weighted by Gasteiger charge is -2.13. The molecule has 0 unspecified atom stereocenters. The largest absolute Gasteiger partial charge is 0.496 e. The summed E-state index contributed by atoms with van der Waals surface area (Å²) in [4.78, 5) is 23.1. The van der Waals surface area contributed by atoms with Gasteiger partial charge in [-0.1, -0.05) is 0 Å². The summed E-state index contributed by atoms with van der Waals surface area (Å²) >= 11 is 2.02. The molecule has 1 aromatic carbocycles. The molecule has 0 aromatic heterocycles. The van der Waals surface area contributed by atoms with Gasteiger partial charge in [0.25, 0.3) is 0 Å². The van der Waals surface area contributed by atoms with Gasteiger partial charge in [0.15, 0.2) is 11.6 Å². The predicted octanol–water partition coefficient (Wildman–Crippen LogP) is 2.24. The fraction of sp³-hybridized carbons (Fsp3) is 0.0909. The first-order chi connectivity index (χ1) is 7.15. The van der Waals surface area contributed by atoms with Crippen LogP contribution in [0.1, 0.15) is 20.7 Å². The van der Waals surface area contributed by atoms with Crippen molar-refractivity contribution >= 4 is 34.2 Å². The Kier molecular flexibility index (Phi) is 2.60. The number of benzene rings is 1. The molecule has 76 valence electrons. The van der Waals surface area contributed by atoms with Crippen molar-refractivity contribution in [2.24, 2.45) is 0 Å². The van der Waals surface area contributed by atoms with Crippen LogP contribution in [0.5, 0.6) is 5.75 Å². The van der Waals surface area contributed by atoms with E-state index in [0.717, 1.165) is 0 Å². The van der Waals surface area contributed by atoms with Crippen LogP contribution in [0.15, 0.2) is 24.3 Å². The maximum atomic E-state index is 11.6. The Labute approximate surface area is 100 Å². The molecule has 0 saturated heterocycles. The monoisotopic (exact) mass is 314 g/mol. The number of rotatable bonds is 1. The third-order valence-corrected chi connectivity index (χ3v) is 3.30. The van der Waals surface area contributed by atoms with E-state index in [1.807, 2.05) is 22.6 Å². The number of ether oxygens (including phenoxy) is 1. The minimum atomic E-state index is -0.145. The minimum absolute atomic E-state index is 0.134. The molecule has 1 aliphatic carbocycles. The van der Waals surface area contributed by atoms with Crippen molar-refractivity contribution in [3.63, 3.8) is 0 Å². The first-order valence-electron chi connectivity index (χ1n) is 4.28. The number of halogens is 1. The first kappa shape index (κ1) is 10.4. The van der Waals surface area contributed by atoms with E-state index in [0.29, 0.717) is 20.4 Å². The van der Waals surface area contributed by atoms with Crippen molar-refractivity contribution < 1.29 is 14.3 Å². The first-order valence-corrected chi connectivity index (χ1v) is 5.36. The minimum Gasteiger partial charge on any atom is -0.496 e. The van der Waals surface area contributed by atoms with Crippen LogP contribution in [0.4, 0.5) is 0 Å². The van der Waals surface area contributed by atoms with E-state index in [-0.39, 0.29) is 11.6 Å². The number of allylic oxidation sites excluding steroid dienone is 2. The molecule has 0 bridgehead atoms. The Morgan fingerprint density at radius 2 is 1.80 bits per heavy atom. The summed E-state index contributed by atoms with van der Waals surface area (Å²) in [5.74, 6) is 0.337. The summed E-state index contributed by atoms with van der Waals surface area (Å²) in [6.45, 7) is 0. The van der Waals surface area contributed by atoms with Crippen LogP contribution in [0.25, 0.3) is 0 Å². The van der Waals surface area contributed by atoms with Crippen LogP contribution in [0.3, 0.4) is 0 Å². The normalized spacial score (nSPS) is 14.0. The zero-order chi connectivity index (χ0) is 11.0. The number of fused-ring (bicyclic) bond motifs is 1. The molecule has 0 amide bonds. The van der Waals surface area contributed by atoms with Gasteiger partial charge in [0, 0.05) is 5.56 Å². The average molecular weight is 314 g/mol. The van der Waals surface area contributed by atoms with Crippen molar-refractivity contribution in [2.45, 2.75) is 0 Å². The van der Waals surface area contributed by atoms with Crippen molar-refractivity contribution in [3.05, 3.63) is 39.0 Å². The van der Waals surface area contributed by atoms with Gasteiger partial charge in [-0.3, -0.25) is 9.59 Å². The maximum absolute atomic E-state index is 11.6. The molecule has 15 heavy (non-hydrogen) atoms. The lowest BCUT2D eigenvalue weighted by molar-refractivity contribution is 0.0993. The van der Waals surface area contributed by atoms with E-state index in [1.165, 1.54) is 19.3 Å². The van der Waals surface area contributed by atoms with Crippen LogP contribution < -0.4 is 4.74 Å². The van der Waals surface area contributed by atoms with Gasteiger partial charge in [-0.25, -0.2) is 0 Å². The van der Waals surface area contributed by atoms with Gasteiger partial charge in [0.05, 0.1) is 16.2 Å². The molecule has 0 N–H and O–H groups in total. The van der Waals surface area contributed by atoms with Crippen molar-refractivity contribution in [3.8, 4) is 5.75 Å². The Morgan fingerprint density at radius 3 is 2.47 bits per heavy atom. The Balaban J connectivity index is 2.72. The lowest BCUT2D eigenvalue weighted by atomic mass is 9.95. The standard InChI is InChI=1S/C11H7IO3/c1-15-9-5-2-6-7(13)3-4-8(14)10(6)11(9)12/h2-5H,1H3. The summed E-state index contributed by atoms with van der Waals surface area (Å²) in [6, 6.07) is 3.32. The van der Waals surface area contributed by atoms with E-state index < -0.39 is 0 Å². The molecular weight excluding hydrogens is 307 g/mol. The molecule has 1 aliphatic rings. The van der Waals surface area contributed by atoms with E-state index in [2.05, 4.69) is 0 Å². The van der Waals surface area contributed by atoms with Crippen LogP contribution in [-0.2, 0) is 0 Å². The summed E-state index contributed by atoms with van der Waals surface area (Å²) < 4.78 is 5.79. The number of carbonyl (C=O) groups excluding carboxylic acids is 2. The molecule has 0 atom stereocenters. The lowest BCUT2D eigenvalue weighted by Crippen LogP contribution is -2.13. The van der Waals surface area contributed by atoms with Crippen LogP contribution in [-0.4, -0.2) is 18.7 Å². The molecule has 0 fully saturated rings. The highest BCUT2D eigenvalue weighted by molar-refractivity contribution is 14.1. The van der Waals surface area contributed by atoms with Gasteiger partial charge < -0.3 is 4.74 Å². The van der Waals surface area contributed by atoms with Gasteiger partial charge in [-0.2, -0.15) is 0 Å². The zero-order valence-corrected chi connectivity index (χ0v) is 10.1. The van der Waals surface area contributed by atoms with Gasteiger partial charge >= 0.3 is 0 Å². The fourth-order valence-corrected chi connectivity index (χ4v) is 2.44. The van der Waals surface area contributed by atoms with E-state index in [1.54, 1.807) is 12.1 Å². The molecule has 1 aromatic rings. The second-order valence-corrected chi connectivity index (χ2v) is 4.14. The fourth-order valence-electron chi connectivity index (χ4n) is 1.49. The quantitative estimate of drug-likeness (QED) is 0.747. The molecule has 0 saturated carbocycles. The van der Waals surface area contributed by atoms with Gasteiger partial charge in [-0.05, 0) is 46.9 Å². The van der Waals surface area contributed by atoms with Gasteiger partial charge in [0.2, 0.25) is 0 Å². The molecule has 0 aliphatic heterocycles. The summed E-state index contributed by atoms with van der Waals surface area (Å²) in [7, 11) is 1.54. The highest BCUT2D eigenvalue weighted by Crippen LogP contribution is 2.29. The zero-order valence-electron chi connectivity index (χ0n) is 7.91. The highest BCUT2D eigenvalue weighted by atomic mass is 127. The second kappa shape index (κ2) is 3.77. The number of methoxy groups -OCH3 is 1. The summed E-state index contributed by atoms with van der Waals surface area (Å²) in [6.07, 6.45) is 2.60. The summed E-state index contributed by atoms with van der Waals surface area (Å²) in [5.41, 5.74) is 0.898. The van der Waals surface area contributed by atoms with E-state index >= 15 is 0 Å². The van der Waals surface area contributed by atoms with Crippen LogP contribution in [0, 0.1) is 3.57 Å². The topological polar surface area (TPSA) is 43.4 Å². The van der Waals surface area contributed by atoms with Crippen LogP contribution >= 0.6 is 22.6 Å². The molecule has 2 rings (SSSR count). The molecule has 0 spiro atoms. The third-order valence-electron chi connectivity index (χ3n) is 2.22. The average Bonchev–Trinajstić information content (AvgIpc) is 2.23. The number of hydrogen-bond acceptors (Lipinski definition) is 3. The molecule has 3 nitrogen and oxygen atoms in total. The smallest absolute Gasteiger partial charge is 0.187 e. The third kappa shape index (κ3) is 1.58. The molecule has 4 heteroatoms. The Bertz CT molecular complexity index is 489.